The summed E-state index contributed by atoms with van der Waals surface area (Å²) in [4.78, 5) is 88.1. The Morgan fingerprint density at radius 1 is 0.287 bits per heavy atom. The normalized spacial score (nSPS) is 11.6. The van der Waals surface area contributed by atoms with E-state index >= 15 is 0 Å². The topological polar surface area (TPSA) is 221 Å². The molecule has 1 aliphatic rings. The van der Waals surface area contributed by atoms with E-state index in [0.717, 1.165) is 195 Å². The van der Waals surface area contributed by atoms with Gasteiger partial charge in [-0.2, -0.15) is 0 Å². The van der Waals surface area contributed by atoms with E-state index < -0.39 is 61.0 Å². The molecule has 0 fully saturated rings. The summed E-state index contributed by atoms with van der Waals surface area (Å²) < 4.78 is 66.0. The molecule has 18 nitrogen and oxygen atoms in total. The van der Waals surface area contributed by atoms with Gasteiger partial charge in [0.25, 0.3) is 0 Å². The van der Waals surface area contributed by atoms with Crippen molar-refractivity contribution >= 4 is 41.8 Å². The van der Waals surface area contributed by atoms with E-state index in [1.807, 2.05) is 0 Å². The van der Waals surface area contributed by atoms with Crippen molar-refractivity contribution in [2.24, 2.45) is 0 Å². The molecule has 0 N–H and O–H groups in total. The van der Waals surface area contributed by atoms with Crippen molar-refractivity contribution in [2.75, 3.05) is 72.7 Å². The molecule has 0 heterocycles. The molecule has 0 saturated heterocycles. The summed E-state index contributed by atoms with van der Waals surface area (Å²) in [5.74, 6) is -1.68. The average molecular weight is 1400 g/mol. The number of fused-ring (bicyclic) bond motifs is 8. The molecule has 18 heteroatoms. The smallest absolute Gasteiger partial charge is 0.333 e. The van der Waals surface area contributed by atoms with Gasteiger partial charge in [0.05, 0.1) is 72.7 Å². The van der Waals surface area contributed by atoms with E-state index in [0.29, 0.717) is 79.9 Å². The molecule has 4 aromatic carbocycles. The van der Waals surface area contributed by atoms with Gasteiger partial charge in [0.1, 0.15) is 42.3 Å². The lowest BCUT2D eigenvalue weighted by molar-refractivity contribution is -0.156. The molecule has 0 amide bonds. The number of ether oxygens (including phenoxy) is 11. The third-order valence-corrected chi connectivity index (χ3v) is 17.3. The predicted octanol–water partition coefficient (Wildman–Crippen LogP) is 16.5. The van der Waals surface area contributed by atoms with Gasteiger partial charge in [0, 0.05) is 56.9 Å². The highest BCUT2D eigenvalue weighted by molar-refractivity contribution is 5.92. The van der Waals surface area contributed by atoms with Crippen LogP contribution < -0.4 is 18.9 Å². The lowest BCUT2D eigenvalue weighted by Gasteiger charge is -2.25. The highest BCUT2D eigenvalue weighted by Crippen LogP contribution is 2.42. The Bertz CT molecular complexity index is 3080. The minimum Gasteiger partial charge on any atom is -0.493 e. The van der Waals surface area contributed by atoms with Crippen LogP contribution in [0, 0.1) is 0 Å². The molecule has 0 aromatic heterocycles. The molecular weight excluding hydrogens is 1280 g/mol. The SMILES string of the molecule is C=C(C)C(=O)OCCCOc1c2cc(CCCCCC)cc1Cc1cc(CCCCCC)cc(c1OCCCOC(=O)CC(=O)OCC)Cc1cc(CCCCCC)cc(c1OCCCOC(=O)CC(=O)OCC)Cc1cc(CCCCCC)cc(c1OCCCOC(=O)CC(=O)OCC)C2. The minimum absolute atomic E-state index is 0.00626. The second-order valence-corrected chi connectivity index (χ2v) is 26.3. The van der Waals surface area contributed by atoms with E-state index in [4.69, 9.17) is 52.1 Å². The fourth-order valence-corrected chi connectivity index (χ4v) is 12.4. The first-order chi connectivity index (χ1) is 49.0. The monoisotopic (exact) mass is 1400 g/mol. The Balaban J connectivity index is 1.88. The second-order valence-electron chi connectivity index (χ2n) is 26.3. The van der Waals surface area contributed by atoms with Gasteiger partial charge in [-0.15, -0.1) is 0 Å². The maximum Gasteiger partial charge on any atom is 0.333 e. The fraction of sp³-hybridized carbons (Fsp3) is 0.602. The maximum atomic E-state index is 12.9. The number of esters is 7. The number of hydrogen-bond donors (Lipinski definition) is 0. The van der Waals surface area contributed by atoms with Gasteiger partial charge in [-0.05, 0) is 146 Å². The number of hydrogen-bond acceptors (Lipinski definition) is 18. The molecule has 4 aromatic rings. The number of carbonyl (C=O) groups excluding carboxylic acids is 7. The Morgan fingerprint density at radius 3 is 0.713 bits per heavy atom. The number of benzene rings is 4. The van der Waals surface area contributed by atoms with Gasteiger partial charge in [-0.25, -0.2) is 4.79 Å². The van der Waals surface area contributed by atoms with Gasteiger partial charge in [0.15, 0.2) is 0 Å². The van der Waals surface area contributed by atoms with Gasteiger partial charge < -0.3 is 52.1 Å². The third kappa shape index (κ3) is 31.9. The Morgan fingerprint density at radius 2 is 0.505 bits per heavy atom. The molecule has 5 rings (SSSR count). The predicted molar refractivity (Wildman–Crippen MR) is 391 cm³/mol. The van der Waals surface area contributed by atoms with Crippen LogP contribution in [0.15, 0.2) is 60.7 Å². The number of aryl methyl sites for hydroxylation is 4. The van der Waals surface area contributed by atoms with Gasteiger partial charge in [-0.3, -0.25) is 28.8 Å². The van der Waals surface area contributed by atoms with E-state index in [1.165, 1.54) is 0 Å². The highest BCUT2D eigenvalue weighted by atomic mass is 16.6. The summed E-state index contributed by atoms with van der Waals surface area (Å²) in [5.41, 5.74) is 12.5. The third-order valence-electron chi connectivity index (χ3n) is 17.3. The quantitative estimate of drug-likeness (QED) is 0.0116. The van der Waals surface area contributed by atoms with Crippen LogP contribution >= 0.6 is 0 Å². The van der Waals surface area contributed by atoms with Gasteiger partial charge in [-0.1, -0.05) is 160 Å². The molecule has 101 heavy (non-hydrogen) atoms. The molecule has 0 unspecified atom stereocenters. The van der Waals surface area contributed by atoms with Crippen LogP contribution in [0.4, 0.5) is 0 Å². The summed E-state index contributed by atoms with van der Waals surface area (Å²) in [6.45, 7) is 20.7. The van der Waals surface area contributed by atoms with Crippen molar-refractivity contribution in [2.45, 2.75) is 254 Å². The van der Waals surface area contributed by atoms with Crippen molar-refractivity contribution in [1.82, 2.24) is 0 Å². The summed E-state index contributed by atoms with van der Waals surface area (Å²) in [6, 6.07) is 18.3. The second kappa shape index (κ2) is 48.8. The number of rotatable bonds is 50. The van der Waals surface area contributed by atoms with E-state index in [2.05, 4.69) is 82.8 Å². The van der Waals surface area contributed by atoms with Crippen LogP contribution in [0.5, 0.6) is 23.0 Å². The van der Waals surface area contributed by atoms with Crippen LogP contribution in [-0.4, -0.2) is 114 Å². The van der Waals surface area contributed by atoms with Crippen molar-refractivity contribution in [1.29, 1.82) is 0 Å². The summed E-state index contributed by atoms with van der Waals surface area (Å²) in [5, 5.41) is 0. The summed E-state index contributed by atoms with van der Waals surface area (Å²) in [7, 11) is 0. The Labute approximate surface area is 602 Å². The first-order valence-corrected chi connectivity index (χ1v) is 37.9. The molecule has 0 radical (unpaired) electrons. The standard InChI is InChI=1S/C83H118O18/c1-10-17-21-25-33-61-45-65-53-67-47-62(34-26-22-18-11-2)49-69(80(67)98-41-30-38-95-77(88)58-74(85)92-15-6)55-71-51-64(36-28-24-20-13-4)52-72(82(71)100-43-32-44-101-83(90)60(8)9)56-70-50-63(35-27-23-19-12-3)48-68(81(70)99-42-31-39-96-78(89)59-75(86)93-16-7)54-66(46-61)79(65)97-40-29-37-94-76(87)57-73(84)91-14-5/h45-52H,8,10-44,53-59H2,1-7,9H3. The van der Waals surface area contributed by atoms with Crippen molar-refractivity contribution in [3.05, 3.63) is 127 Å². The molecule has 0 saturated carbocycles. The molecular formula is C83H118O18. The van der Waals surface area contributed by atoms with E-state index in [9.17, 15) is 33.6 Å². The number of unbranched alkanes of at least 4 members (excludes halogenated alkanes) is 12. The largest absolute Gasteiger partial charge is 0.493 e. The lowest BCUT2D eigenvalue weighted by atomic mass is 9.87. The molecule has 0 spiro atoms. The Kier molecular flexibility index (Phi) is 40.5. The minimum atomic E-state index is -0.680. The first kappa shape index (κ1) is 83.8. The molecule has 558 valence electrons. The number of carbonyl (C=O) groups is 7. The molecule has 0 atom stereocenters. The average Bonchev–Trinajstić information content (AvgIpc) is 0.777. The highest BCUT2D eigenvalue weighted by Gasteiger charge is 2.26. The first-order valence-electron chi connectivity index (χ1n) is 37.9. The molecule has 0 aliphatic heterocycles. The Hall–Kier alpha value is -7.89. The van der Waals surface area contributed by atoms with Crippen molar-refractivity contribution < 1.29 is 85.7 Å². The molecule has 1 aliphatic carbocycles. The zero-order chi connectivity index (χ0) is 73.0. The summed E-state index contributed by atoms with van der Waals surface area (Å²) in [6.07, 6.45) is 21.7. The zero-order valence-corrected chi connectivity index (χ0v) is 62.4. The van der Waals surface area contributed by atoms with Crippen LogP contribution in [0.2, 0.25) is 0 Å². The lowest BCUT2D eigenvalue weighted by Crippen LogP contribution is -2.16. The zero-order valence-electron chi connectivity index (χ0n) is 62.4. The van der Waals surface area contributed by atoms with Crippen LogP contribution in [0.1, 0.15) is 270 Å². The maximum absolute atomic E-state index is 12.9. The summed E-state index contributed by atoms with van der Waals surface area (Å²) >= 11 is 0. The van der Waals surface area contributed by atoms with Crippen LogP contribution in [0.25, 0.3) is 0 Å². The van der Waals surface area contributed by atoms with E-state index in [1.54, 1.807) is 27.7 Å². The van der Waals surface area contributed by atoms with Gasteiger partial charge >= 0.3 is 41.8 Å². The molecule has 8 bridgehead atoms. The fourth-order valence-electron chi connectivity index (χ4n) is 12.4. The van der Waals surface area contributed by atoms with Crippen molar-refractivity contribution in [3.8, 4) is 23.0 Å². The van der Waals surface area contributed by atoms with Gasteiger partial charge in [0.2, 0.25) is 0 Å². The van der Waals surface area contributed by atoms with Crippen LogP contribution in [-0.2, 0) is 118 Å². The van der Waals surface area contributed by atoms with Crippen LogP contribution in [0.3, 0.4) is 0 Å². The van der Waals surface area contributed by atoms with Crippen molar-refractivity contribution in [3.63, 3.8) is 0 Å². The van der Waals surface area contributed by atoms with E-state index in [-0.39, 0.29) is 72.7 Å².